The molecule has 0 aliphatic heterocycles. The van der Waals surface area contributed by atoms with E-state index in [1.54, 1.807) is 38.3 Å². The van der Waals surface area contributed by atoms with Crippen molar-refractivity contribution in [2.24, 2.45) is 0 Å². The monoisotopic (exact) mass is 300 g/mol. The van der Waals surface area contributed by atoms with Crippen molar-refractivity contribution in [3.8, 4) is 0 Å². The Morgan fingerprint density at radius 2 is 2.00 bits per heavy atom. The smallest absolute Gasteiger partial charge is 0.253 e. The molecule has 0 heterocycles. The van der Waals surface area contributed by atoms with Gasteiger partial charge in [-0.3, -0.25) is 9.52 Å². The van der Waals surface area contributed by atoms with E-state index in [9.17, 15) is 13.2 Å². The Morgan fingerprint density at radius 3 is 2.65 bits per heavy atom. The van der Waals surface area contributed by atoms with Crippen molar-refractivity contribution in [3.05, 3.63) is 29.8 Å². The SMILES string of the molecule is CCCS(=O)(=O)Nc1ccccc1C(=O)NCCOC. The fraction of sp³-hybridized carbons (Fsp3) is 0.462. The lowest BCUT2D eigenvalue weighted by molar-refractivity contribution is 0.0938. The van der Waals surface area contributed by atoms with E-state index in [1.807, 2.05) is 0 Å². The summed E-state index contributed by atoms with van der Waals surface area (Å²) in [7, 11) is -1.88. The second-order valence-electron chi connectivity index (χ2n) is 4.22. The Balaban J connectivity index is 2.85. The van der Waals surface area contributed by atoms with Gasteiger partial charge in [-0.25, -0.2) is 8.42 Å². The van der Waals surface area contributed by atoms with Gasteiger partial charge < -0.3 is 10.1 Å². The highest BCUT2D eigenvalue weighted by molar-refractivity contribution is 7.92. The van der Waals surface area contributed by atoms with Crippen molar-refractivity contribution < 1.29 is 17.9 Å². The molecular weight excluding hydrogens is 280 g/mol. The van der Waals surface area contributed by atoms with E-state index in [0.717, 1.165) is 0 Å². The van der Waals surface area contributed by atoms with Crippen LogP contribution in [0, 0.1) is 0 Å². The third-order valence-electron chi connectivity index (χ3n) is 2.50. The van der Waals surface area contributed by atoms with Crippen LogP contribution >= 0.6 is 0 Å². The summed E-state index contributed by atoms with van der Waals surface area (Å²) in [5.74, 6) is -0.316. The van der Waals surface area contributed by atoms with Crippen molar-refractivity contribution in [3.63, 3.8) is 0 Å². The van der Waals surface area contributed by atoms with Crippen LogP contribution in [0.15, 0.2) is 24.3 Å². The number of ether oxygens (including phenoxy) is 1. The molecule has 1 rings (SSSR count). The highest BCUT2D eigenvalue weighted by Crippen LogP contribution is 2.16. The Morgan fingerprint density at radius 1 is 1.30 bits per heavy atom. The summed E-state index contributed by atoms with van der Waals surface area (Å²) in [6.07, 6.45) is 0.511. The van der Waals surface area contributed by atoms with Crippen LogP contribution < -0.4 is 10.0 Å². The molecule has 0 fully saturated rings. The molecule has 0 saturated carbocycles. The maximum atomic E-state index is 12.0. The standard InChI is InChI=1S/C13H20N2O4S/c1-3-10-20(17,18)15-12-7-5-4-6-11(12)13(16)14-8-9-19-2/h4-7,15H,3,8-10H2,1-2H3,(H,14,16). The highest BCUT2D eigenvalue weighted by atomic mass is 32.2. The number of amides is 1. The number of hydrogen-bond donors (Lipinski definition) is 2. The normalized spacial score (nSPS) is 11.1. The van der Waals surface area contributed by atoms with E-state index in [1.165, 1.54) is 0 Å². The molecule has 0 aromatic heterocycles. The minimum absolute atomic E-state index is 0.0205. The average Bonchev–Trinajstić information content (AvgIpc) is 2.39. The van der Waals surface area contributed by atoms with Gasteiger partial charge in [-0.1, -0.05) is 19.1 Å². The molecule has 0 radical (unpaired) electrons. The van der Waals surface area contributed by atoms with Gasteiger partial charge in [-0.2, -0.15) is 0 Å². The lowest BCUT2D eigenvalue weighted by Crippen LogP contribution is -2.28. The molecule has 20 heavy (non-hydrogen) atoms. The number of hydrogen-bond acceptors (Lipinski definition) is 4. The Kier molecular flexibility index (Phi) is 6.47. The summed E-state index contributed by atoms with van der Waals surface area (Å²) in [4.78, 5) is 12.0. The van der Waals surface area contributed by atoms with Crippen LogP contribution in [0.4, 0.5) is 5.69 Å². The van der Waals surface area contributed by atoms with Gasteiger partial charge in [0.05, 0.1) is 23.6 Å². The van der Waals surface area contributed by atoms with Crippen LogP contribution in [0.1, 0.15) is 23.7 Å². The van der Waals surface area contributed by atoms with Gasteiger partial charge >= 0.3 is 0 Å². The van der Waals surface area contributed by atoms with E-state index in [2.05, 4.69) is 10.0 Å². The van der Waals surface area contributed by atoms with Gasteiger partial charge in [-0.05, 0) is 18.6 Å². The average molecular weight is 300 g/mol. The maximum Gasteiger partial charge on any atom is 0.253 e. The van der Waals surface area contributed by atoms with Gasteiger partial charge in [0.15, 0.2) is 0 Å². The second kappa shape index (κ2) is 7.86. The third kappa shape index (κ3) is 5.18. The lowest BCUT2D eigenvalue weighted by atomic mass is 10.2. The fourth-order valence-electron chi connectivity index (χ4n) is 1.62. The van der Waals surface area contributed by atoms with Gasteiger partial charge in [0, 0.05) is 13.7 Å². The van der Waals surface area contributed by atoms with Crippen LogP contribution in [0.5, 0.6) is 0 Å². The van der Waals surface area contributed by atoms with Gasteiger partial charge in [0.25, 0.3) is 5.91 Å². The molecule has 1 aromatic carbocycles. The first-order valence-electron chi connectivity index (χ1n) is 6.37. The molecule has 0 spiro atoms. The fourth-order valence-corrected chi connectivity index (χ4v) is 2.77. The number of carbonyl (C=O) groups excluding carboxylic acids is 1. The minimum Gasteiger partial charge on any atom is -0.383 e. The number of para-hydroxylation sites is 1. The molecule has 0 bridgehead atoms. The van der Waals surface area contributed by atoms with E-state index in [0.29, 0.717) is 25.1 Å². The Labute approximate surface area is 119 Å². The summed E-state index contributed by atoms with van der Waals surface area (Å²) in [5, 5.41) is 2.66. The third-order valence-corrected chi connectivity index (χ3v) is 3.98. The van der Waals surface area contributed by atoms with E-state index >= 15 is 0 Å². The predicted octanol–water partition coefficient (Wildman–Crippen LogP) is 1.21. The zero-order valence-electron chi connectivity index (χ0n) is 11.7. The first-order valence-corrected chi connectivity index (χ1v) is 8.02. The summed E-state index contributed by atoms with van der Waals surface area (Å²) in [6.45, 7) is 2.55. The second-order valence-corrected chi connectivity index (χ2v) is 6.06. The minimum atomic E-state index is -3.42. The van der Waals surface area contributed by atoms with Crippen LogP contribution in [0.3, 0.4) is 0 Å². The first-order chi connectivity index (χ1) is 9.50. The zero-order valence-corrected chi connectivity index (χ0v) is 12.5. The van der Waals surface area contributed by atoms with Crippen LogP contribution in [-0.2, 0) is 14.8 Å². The molecule has 1 aromatic rings. The quantitative estimate of drug-likeness (QED) is 0.707. The number of sulfonamides is 1. The van der Waals surface area contributed by atoms with E-state index in [4.69, 9.17) is 4.74 Å². The summed E-state index contributed by atoms with van der Waals surface area (Å²) in [5.41, 5.74) is 0.583. The molecule has 7 heteroatoms. The van der Waals surface area contributed by atoms with Crippen LogP contribution in [-0.4, -0.2) is 40.3 Å². The van der Waals surface area contributed by atoms with Crippen molar-refractivity contribution in [1.29, 1.82) is 0 Å². The zero-order chi connectivity index (χ0) is 15.0. The highest BCUT2D eigenvalue weighted by Gasteiger charge is 2.15. The van der Waals surface area contributed by atoms with Crippen molar-refractivity contribution in [2.75, 3.05) is 30.7 Å². The summed E-state index contributed by atoms with van der Waals surface area (Å²) in [6, 6.07) is 6.50. The summed E-state index contributed by atoms with van der Waals surface area (Å²) < 4.78 is 30.8. The van der Waals surface area contributed by atoms with Crippen LogP contribution in [0.25, 0.3) is 0 Å². The number of benzene rings is 1. The molecule has 0 atom stereocenters. The van der Waals surface area contributed by atoms with Crippen LogP contribution in [0.2, 0.25) is 0 Å². The largest absolute Gasteiger partial charge is 0.383 e. The Bertz CT molecular complexity index is 543. The van der Waals surface area contributed by atoms with E-state index in [-0.39, 0.29) is 17.3 Å². The van der Waals surface area contributed by atoms with Gasteiger partial charge in [0.2, 0.25) is 10.0 Å². The maximum absolute atomic E-state index is 12.0. The lowest BCUT2D eigenvalue weighted by Gasteiger charge is -2.12. The molecule has 6 nitrogen and oxygen atoms in total. The molecule has 0 unspecified atom stereocenters. The number of nitrogens with one attached hydrogen (secondary N) is 2. The number of carbonyl (C=O) groups is 1. The molecular formula is C13H20N2O4S. The summed E-state index contributed by atoms with van der Waals surface area (Å²) >= 11 is 0. The molecule has 2 N–H and O–H groups in total. The Hall–Kier alpha value is -1.60. The van der Waals surface area contributed by atoms with Crippen molar-refractivity contribution in [1.82, 2.24) is 5.32 Å². The molecule has 112 valence electrons. The molecule has 0 aliphatic rings. The van der Waals surface area contributed by atoms with Crippen molar-refractivity contribution in [2.45, 2.75) is 13.3 Å². The number of rotatable bonds is 8. The molecule has 0 aliphatic carbocycles. The van der Waals surface area contributed by atoms with Crippen molar-refractivity contribution >= 4 is 21.6 Å². The number of methoxy groups -OCH3 is 1. The first kappa shape index (κ1) is 16.5. The predicted molar refractivity (Wildman–Crippen MR) is 78.4 cm³/mol. The van der Waals surface area contributed by atoms with Gasteiger partial charge in [0.1, 0.15) is 0 Å². The molecule has 0 saturated heterocycles. The van der Waals surface area contributed by atoms with E-state index < -0.39 is 10.0 Å². The number of anilines is 1. The molecule has 1 amide bonds. The van der Waals surface area contributed by atoms with Gasteiger partial charge in [-0.15, -0.1) is 0 Å². The topological polar surface area (TPSA) is 84.5 Å².